The minimum Gasteiger partial charge on any atom is -0.507 e. The van der Waals surface area contributed by atoms with Crippen molar-refractivity contribution < 1.29 is 10.0 Å². The van der Waals surface area contributed by atoms with Crippen molar-refractivity contribution in [3.8, 4) is 5.75 Å². The van der Waals surface area contributed by atoms with Crippen LogP contribution in [0.5, 0.6) is 5.75 Å². The predicted molar refractivity (Wildman–Crippen MR) is 111 cm³/mol. The average Bonchev–Trinajstić information content (AvgIpc) is 2.54. The molecular weight excluding hydrogens is 318 g/mol. The van der Waals surface area contributed by atoms with E-state index in [0.717, 1.165) is 30.8 Å². The Morgan fingerprint density at radius 2 is 1.46 bits per heavy atom. The van der Waals surface area contributed by atoms with Gasteiger partial charge in [0.1, 0.15) is 18.8 Å². The van der Waals surface area contributed by atoms with E-state index in [4.69, 9.17) is 0 Å². The van der Waals surface area contributed by atoms with E-state index in [0.29, 0.717) is 5.75 Å². The Hall–Kier alpha value is -1.80. The molecule has 0 aliphatic heterocycles. The van der Waals surface area contributed by atoms with Crippen molar-refractivity contribution in [1.29, 1.82) is 0 Å². The van der Waals surface area contributed by atoms with Crippen LogP contribution in [0.15, 0.2) is 42.5 Å². The summed E-state index contributed by atoms with van der Waals surface area (Å²) in [5, 5.41) is 11.0. The van der Waals surface area contributed by atoms with Gasteiger partial charge in [0.25, 0.3) is 0 Å². The highest BCUT2D eigenvalue weighted by Gasteiger charge is 2.26. The second-order valence-electron chi connectivity index (χ2n) is 9.47. The Balaban J connectivity index is 2.40. The molecule has 0 radical (unpaired) electrons. The van der Waals surface area contributed by atoms with Gasteiger partial charge in [0.15, 0.2) is 0 Å². The number of phenols is 1. The molecule has 0 saturated heterocycles. The summed E-state index contributed by atoms with van der Waals surface area (Å²) in [7, 11) is 0. The molecule has 0 aromatic heterocycles. The monoisotopic (exact) mass is 354 g/mol. The van der Waals surface area contributed by atoms with Gasteiger partial charge in [-0.15, -0.1) is 0 Å². The summed E-state index contributed by atoms with van der Waals surface area (Å²) in [6.45, 7) is 18.3. The molecule has 0 spiro atoms. The lowest BCUT2D eigenvalue weighted by atomic mass is 9.79. The van der Waals surface area contributed by atoms with Gasteiger partial charge < -0.3 is 10.0 Å². The van der Waals surface area contributed by atoms with Crippen LogP contribution in [0.3, 0.4) is 0 Å². The molecular formula is C24H36NO+. The van der Waals surface area contributed by atoms with E-state index in [1.807, 2.05) is 0 Å². The predicted octanol–water partition coefficient (Wildman–Crippen LogP) is 4.59. The van der Waals surface area contributed by atoms with Crippen molar-refractivity contribution in [2.24, 2.45) is 0 Å². The summed E-state index contributed by atoms with van der Waals surface area (Å²) in [5.74, 6) is 0.476. The van der Waals surface area contributed by atoms with Crippen LogP contribution in [0, 0.1) is 0 Å². The van der Waals surface area contributed by atoms with Crippen molar-refractivity contribution in [2.75, 3.05) is 6.54 Å². The molecule has 0 fully saturated rings. The van der Waals surface area contributed by atoms with Gasteiger partial charge in [-0.05, 0) is 29.4 Å². The standard InChI is InChI=1S/C24H35NO/c1-8-25(16-18-12-10-9-11-13-18)17-19-14-20(23(2,3)4)15-21(22(19)26)24(5,6)7/h9-15,26H,8,16-17H2,1-7H3/p+1. The van der Waals surface area contributed by atoms with E-state index in [-0.39, 0.29) is 10.8 Å². The van der Waals surface area contributed by atoms with Crippen LogP contribution >= 0.6 is 0 Å². The second kappa shape index (κ2) is 7.84. The van der Waals surface area contributed by atoms with E-state index >= 15 is 0 Å². The summed E-state index contributed by atoms with van der Waals surface area (Å²) in [5.41, 5.74) is 4.74. The molecule has 1 atom stereocenters. The molecule has 1 unspecified atom stereocenters. The van der Waals surface area contributed by atoms with Crippen LogP contribution in [-0.4, -0.2) is 11.7 Å². The van der Waals surface area contributed by atoms with Crippen LogP contribution in [-0.2, 0) is 23.9 Å². The third-order valence-electron chi connectivity index (χ3n) is 5.10. The summed E-state index contributed by atoms with van der Waals surface area (Å²) in [6, 6.07) is 15.0. The van der Waals surface area contributed by atoms with E-state index in [2.05, 4.69) is 90.9 Å². The summed E-state index contributed by atoms with van der Waals surface area (Å²) >= 11 is 0. The largest absolute Gasteiger partial charge is 0.507 e. The first-order chi connectivity index (χ1) is 12.0. The highest BCUT2D eigenvalue weighted by atomic mass is 16.3. The maximum Gasteiger partial charge on any atom is 0.128 e. The zero-order valence-corrected chi connectivity index (χ0v) is 17.6. The fraction of sp³-hybridized carbons (Fsp3) is 0.500. The number of rotatable bonds is 5. The van der Waals surface area contributed by atoms with Gasteiger partial charge in [0.2, 0.25) is 0 Å². The van der Waals surface area contributed by atoms with Crippen molar-refractivity contribution in [3.63, 3.8) is 0 Å². The fourth-order valence-corrected chi connectivity index (χ4v) is 3.30. The lowest BCUT2D eigenvalue weighted by Crippen LogP contribution is -3.09. The lowest BCUT2D eigenvalue weighted by molar-refractivity contribution is -0.925. The lowest BCUT2D eigenvalue weighted by Gasteiger charge is -2.28. The molecule has 0 amide bonds. The molecule has 26 heavy (non-hydrogen) atoms. The minimum absolute atomic E-state index is 0.0637. The van der Waals surface area contributed by atoms with Crippen LogP contribution < -0.4 is 4.90 Å². The molecule has 0 aliphatic rings. The van der Waals surface area contributed by atoms with Gasteiger partial charge in [-0.25, -0.2) is 0 Å². The molecule has 2 heteroatoms. The minimum atomic E-state index is -0.0775. The second-order valence-corrected chi connectivity index (χ2v) is 9.47. The molecule has 2 aromatic carbocycles. The maximum absolute atomic E-state index is 11.0. The summed E-state index contributed by atoms with van der Waals surface area (Å²) in [6.07, 6.45) is 0. The zero-order valence-electron chi connectivity index (χ0n) is 17.6. The number of aromatic hydroxyl groups is 1. The van der Waals surface area contributed by atoms with Crippen LogP contribution in [0.2, 0.25) is 0 Å². The Labute approximate surface area is 159 Å². The Kier molecular flexibility index (Phi) is 6.18. The van der Waals surface area contributed by atoms with E-state index in [9.17, 15) is 5.11 Å². The fourth-order valence-electron chi connectivity index (χ4n) is 3.30. The van der Waals surface area contributed by atoms with Gasteiger partial charge in [0, 0.05) is 16.7 Å². The number of hydrogen-bond donors (Lipinski definition) is 2. The number of phenolic OH excluding ortho intramolecular Hbond substituents is 1. The van der Waals surface area contributed by atoms with Crippen LogP contribution in [0.1, 0.15) is 70.7 Å². The third-order valence-corrected chi connectivity index (χ3v) is 5.10. The Bertz CT molecular complexity index is 720. The van der Waals surface area contributed by atoms with Crippen molar-refractivity contribution in [1.82, 2.24) is 0 Å². The molecule has 0 aliphatic carbocycles. The molecule has 2 aromatic rings. The van der Waals surface area contributed by atoms with Crippen molar-refractivity contribution in [3.05, 3.63) is 64.7 Å². The van der Waals surface area contributed by atoms with E-state index in [1.54, 1.807) is 0 Å². The maximum atomic E-state index is 11.0. The molecule has 142 valence electrons. The molecule has 0 bridgehead atoms. The first kappa shape index (κ1) is 20.5. The number of benzene rings is 2. The summed E-state index contributed by atoms with van der Waals surface area (Å²) in [4.78, 5) is 1.46. The molecule has 2 N–H and O–H groups in total. The van der Waals surface area contributed by atoms with Crippen molar-refractivity contribution in [2.45, 2.75) is 72.4 Å². The average molecular weight is 355 g/mol. The zero-order chi connectivity index (χ0) is 19.5. The van der Waals surface area contributed by atoms with Crippen molar-refractivity contribution >= 4 is 0 Å². The quantitative estimate of drug-likeness (QED) is 0.806. The van der Waals surface area contributed by atoms with E-state index in [1.165, 1.54) is 16.0 Å². The molecule has 2 nitrogen and oxygen atoms in total. The summed E-state index contributed by atoms with van der Waals surface area (Å²) < 4.78 is 0. The Morgan fingerprint density at radius 3 is 1.96 bits per heavy atom. The normalized spacial score (nSPS) is 13.7. The molecule has 2 rings (SSSR count). The SMILES string of the molecule is CC[NH+](Cc1ccccc1)Cc1cc(C(C)(C)C)cc(C(C)(C)C)c1O. The number of nitrogens with one attached hydrogen (secondary N) is 1. The van der Waals surface area contributed by atoms with Gasteiger partial charge in [-0.2, -0.15) is 0 Å². The van der Waals surface area contributed by atoms with E-state index < -0.39 is 0 Å². The third kappa shape index (κ3) is 5.11. The Morgan fingerprint density at radius 1 is 0.846 bits per heavy atom. The number of quaternary nitrogens is 1. The highest BCUT2D eigenvalue weighted by molar-refractivity contribution is 5.48. The van der Waals surface area contributed by atoms with Gasteiger partial charge in [-0.1, -0.05) is 77.9 Å². The molecule has 0 heterocycles. The topological polar surface area (TPSA) is 24.7 Å². The first-order valence-corrected chi connectivity index (χ1v) is 9.76. The highest BCUT2D eigenvalue weighted by Crippen LogP contribution is 2.37. The van der Waals surface area contributed by atoms with Gasteiger partial charge in [0.05, 0.1) is 6.54 Å². The smallest absolute Gasteiger partial charge is 0.128 e. The molecule has 0 saturated carbocycles. The van der Waals surface area contributed by atoms with Gasteiger partial charge in [-0.3, -0.25) is 0 Å². The van der Waals surface area contributed by atoms with Crippen LogP contribution in [0.4, 0.5) is 0 Å². The number of hydrogen-bond acceptors (Lipinski definition) is 1. The first-order valence-electron chi connectivity index (χ1n) is 9.76. The van der Waals surface area contributed by atoms with Crippen LogP contribution in [0.25, 0.3) is 0 Å². The van der Waals surface area contributed by atoms with Gasteiger partial charge >= 0.3 is 0 Å².